The van der Waals surface area contributed by atoms with E-state index in [1.165, 1.54) is 6.92 Å². The van der Waals surface area contributed by atoms with Crippen LogP contribution in [0.2, 0.25) is 0 Å². The first-order chi connectivity index (χ1) is 16.5. The molecule has 2 aromatic carbocycles. The first kappa shape index (κ1) is 21.7. The summed E-state index contributed by atoms with van der Waals surface area (Å²) in [6.07, 6.45) is 0. The van der Waals surface area contributed by atoms with Crippen molar-refractivity contribution in [3.05, 3.63) is 77.7 Å². The first-order valence-electron chi connectivity index (χ1n) is 10.9. The number of ketones is 1. The topological polar surface area (TPSA) is 102 Å². The van der Waals surface area contributed by atoms with Gasteiger partial charge in [0.25, 0.3) is 11.8 Å². The number of carbonyl (C=O) groups is 3. The number of para-hydroxylation sites is 1. The van der Waals surface area contributed by atoms with E-state index >= 15 is 0 Å². The molecule has 34 heavy (non-hydrogen) atoms. The van der Waals surface area contributed by atoms with E-state index in [9.17, 15) is 14.4 Å². The summed E-state index contributed by atoms with van der Waals surface area (Å²) in [5.74, 6) is -0.193. The zero-order valence-corrected chi connectivity index (χ0v) is 18.5. The molecule has 172 valence electrons. The SMILES string of the molecule is CC(=O)c1ccc(-c2ccc(C(=O)Nc3c(C(=O)N4CCOCC4)oc4ccccc34)o2)cc1. The van der Waals surface area contributed by atoms with Gasteiger partial charge in [0.05, 0.1) is 13.2 Å². The summed E-state index contributed by atoms with van der Waals surface area (Å²) in [7, 11) is 0. The van der Waals surface area contributed by atoms with E-state index in [0.717, 1.165) is 5.56 Å². The minimum Gasteiger partial charge on any atom is -0.451 e. The maximum Gasteiger partial charge on any atom is 0.291 e. The zero-order valence-electron chi connectivity index (χ0n) is 18.5. The largest absolute Gasteiger partial charge is 0.451 e. The van der Waals surface area contributed by atoms with Gasteiger partial charge in [0, 0.05) is 29.6 Å². The number of morpholine rings is 1. The van der Waals surface area contributed by atoms with Crippen molar-refractivity contribution in [3.8, 4) is 11.3 Å². The molecule has 0 atom stereocenters. The number of fused-ring (bicyclic) bond motifs is 1. The number of nitrogens with one attached hydrogen (secondary N) is 1. The molecule has 8 heteroatoms. The Balaban J connectivity index is 1.42. The lowest BCUT2D eigenvalue weighted by molar-refractivity contribution is 0.0285. The fourth-order valence-corrected chi connectivity index (χ4v) is 3.89. The molecule has 0 aliphatic carbocycles. The third kappa shape index (κ3) is 4.11. The van der Waals surface area contributed by atoms with Gasteiger partial charge in [-0.2, -0.15) is 0 Å². The summed E-state index contributed by atoms with van der Waals surface area (Å²) in [6, 6.07) is 17.3. The van der Waals surface area contributed by atoms with E-state index in [1.807, 2.05) is 6.07 Å². The number of ether oxygens (including phenoxy) is 1. The second kappa shape index (κ2) is 8.99. The average Bonchev–Trinajstić information content (AvgIpc) is 3.50. The zero-order chi connectivity index (χ0) is 23.7. The number of rotatable bonds is 5. The van der Waals surface area contributed by atoms with Gasteiger partial charge in [-0.3, -0.25) is 14.4 Å². The van der Waals surface area contributed by atoms with Gasteiger partial charge in [0.2, 0.25) is 5.76 Å². The highest BCUT2D eigenvalue weighted by molar-refractivity contribution is 6.13. The average molecular weight is 458 g/mol. The Labute approximate surface area is 195 Å². The second-order valence-corrected chi connectivity index (χ2v) is 7.96. The molecule has 0 saturated carbocycles. The van der Waals surface area contributed by atoms with E-state index < -0.39 is 5.91 Å². The quantitative estimate of drug-likeness (QED) is 0.438. The van der Waals surface area contributed by atoms with E-state index in [1.54, 1.807) is 59.5 Å². The molecule has 3 heterocycles. The lowest BCUT2D eigenvalue weighted by atomic mass is 10.1. The fraction of sp³-hybridized carbons (Fsp3) is 0.192. The van der Waals surface area contributed by atoms with Crippen molar-refractivity contribution in [2.45, 2.75) is 6.92 Å². The molecule has 0 radical (unpaired) electrons. The van der Waals surface area contributed by atoms with Crippen LogP contribution in [0.5, 0.6) is 0 Å². The van der Waals surface area contributed by atoms with Gasteiger partial charge in [-0.15, -0.1) is 0 Å². The van der Waals surface area contributed by atoms with Gasteiger partial charge >= 0.3 is 0 Å². The molecular weight excluding hydrogens is 436 g/mol. The monoisotopic (exact) mass is 458 g/mol. The van der Waals surface area contributed by atoms with E-state index in [0.29, 0.717) is 54.3 Å². The molecule has 1 fully saturated rings. The molecule has 0 bridgehead atoms. The van der Waals surface area contributed by atoms with Crippen LogP contribution in [0, 0.1) is 0 Å². The minimum absolute atomic E-state index is 0.0270. The molecule has 4 aromatic rings. The third-order valence-electron chi connectivity index (χ3n) is 5.73. The van der Waals surface area contributed by atoms with Gasteiger partial charge in [-0.1, -0.05) is 36.4 Å². The molecule has 2 amide bonds. The molecule has 1 N–H and O–H groups in total. The van der Waals surface area contributed by atoms with Gasteiger partial charge < -0.3 is 23.8 Å². The maximum atomic E-state index is 13.2. The predicted molar refractivity (Wildman–Crippen MR) is 125 cm³/mol. The van der Waals surface area contributed by atoms with Crippen LogP contribution in [0.25, 0.3) is 22.3 Å². The van der Waals surface area contributed by atoms with Crippen LogP contribution < -0.4 is 5.32 Å². The molecule has 8 nitrogen and oxygen atoms in total. The Morgan fingerprint density at radius 1 is 0.882 bits per heavy atom. The number of anilines is 1. The maximum absolute atomic E-state index is 13.2. The molecule has 1 aliphatic heterocycles. The molecule has 1 saturated heterocycles. The predicted octanol–water partition coefficient (Wildman–Crippen LogP) is 4.62. The molecule has 0 spiro atoms. The van der Waals surface area contributed by atoms with E-state index in [4.69, 9.17) is 13.6 Å². The van der Waals surface area contributed by atoms with Gasteiger partial charge in [-0.25, -0.2) is 0 Å². The van der Waals surface area contributed by atoms with Crippen molar-refractivity contribution in [2.24, 2.45) is 0 Å². The highest BCUT2D eigenvalue weighted by Gasteiger charge is 2.28. The van der Waals surface area contributed by atoms with Crippen LogP contribution in [0.4, 0.5) is 5.69 Å². The van der Waals surface area contributed by atoms with Crippen LogP contribution >= 0.6 is 0 Å². The van der Waals surface area contributed by atoms with Crippen molar-refractivity contribution in [3.63, 3.8) is 0 Å². The third-order valence-corrected chi connectivity index (χ3v) is 5.73. The molecule has 0 unspecified atom stereocenters. The van der Waals surface area contributed by atoms with Gasteiger partial charge in [0.15, 0.2) is 11.5 Å². The van der Waals surface area contributed by atoms with E-state index in [-0.39, 0.29) is 23.2 Å². The summed E-state index contributed by atoms with van der Waals surface area (Å²) in [6.45, 7) is 3.31. The number of furan rings is 2. The fourth-order valence-electron chi connectivity index (χ4n) is 3.89. The van der Waals surface area contributed by atoms with Gasteiger partial charge in [0.1, 0.15) is 17.0 Å². The van der Waals surface area contributed by atoms with Crippen LogP contribution in [-0.4, -0.2) is 48.8 Å². The van der Waals surface area contributed by atoms with Crippen molar-refractivity contribution >= 4 is 34.3 Å². The smallest absolute Gasteiger partial charge is 0.291 e. The van der Waals surface area contributed by atoms with Crippen LogP contribution in [0.1, 0.15) is 38.4 Å². The molecule has 5 rings (SSSR count). The van der Waals surface area contributed by atoms with Crippen molar-refractivity contribution in [1.29, 1.82) is 0 Å². The summed E-state index contributed by atoms with van der Waals surface area (Å²) in [5.41, 5.74) is 2.14. The van der Waals surface area contributed by atoms with Crippen LogP contribution in [0.15, 0.2) is 69.5 Å². The summed E-state index contributed by atoms with van der Waals surface area (Å²) >= 11 is 0. The normalized spacial score (nSPS) is 13.7. The molecular formula is C26H22N2O6. The number of benzene rings is 2. The lowest BCUT2D eigenvalue weighted by Gasteiger charge is -2.26. The van der Waals surface area contributed by atoms with E-state index in [2.05, 4.69) is 5.32 Å². The van der Waals surface area contributed by atoms with Crippen LogP contribution in [-0.2, 0) is 4.74 Å². The number of carbonyl (C=O) groups excluding carboxylic acids is 3. The second-order valence-electron chi connectivity index (χ2n) is 7.96. The van der Waals surface area contributed by atoms with Crippen LogP contribution in [0.3, 0.4) is 0 Å². The number of amides is 2. The van der Waals surface area contributed by atoms with Crippen molar-refractivity contribution < 1.29 is 28.0 Å². The Kier molecular flexibility index (Phi) is 5.73. The van der Waals surface area contributed by atoms with Crippen molar-refractivity contribution in [1.82, 2.24) is 4.90 Å². The van der Waals surface area contributed by atoms with Crippen molar-refractivity contribution in [2.75, 3.05) is 31.6 Å². The standard InChI is InChI=1S/C26H22N2O6/c1-16(29)17-6-8-18(9-7-17)20-10-11-22(33-20)25(30)27-23-19-4-2-3-5-21(19)34-24(23)26(31)28-12-14-32-15-13-28/h2-11H,12-15H2,1H3,(H,27,30). The molecule has 2 aromatic heterocycles. The molecule has 1 aliphatic rings. The number of Topliss-reactive ketones (excluding diaryl/α,β-unsaturated/α-hetero) is 1. The number of nitrogens with zero attached hydrogens (tertiary/aromatic N) is 1. The first-order valence-corrected chi connectivity index (χ1v) is 10.9. The minimum atomic E-state index is -0.505. The summed E-state index contributed by atoms with van der Waals surface area (Å²) in [4.78, 5) is 39.3. The Morgan fingerprint density at radius 3 is 2.35 bits per heavy atom. The Hall–Kier alpha value is -4.17. The van der Waals surface area contributed by atoms with Gasteiger partial charge in [-0.05, 0) is 31.2 Å². The Morgan fingerprint density at radius 2 is 1.62 bits per heavy atom. The lowest BCUT2D eigenvalue weighted by Crippen LogP contribution is -2.40. The highest BCUT2D eigenvalue weighted by Crippen LogP contribution is 2.33. The number of hydrogen-bond donors (Lipinski definition) is 1. The Bertz CT molecular complexity index is 1380. The summed E-state index contributed by atoms with van der Waals surface area (Å²) in [5, 5.41) is 3.43. The summed E-state index contributed by atoms with van der Waals surface area (Å²) < 4.78 is 17.0. The number of hydrogen-bond acceptors (Lipinski definition) is 6. The highest BCUT2D eigenvalue weighted by atomic mass is 16.5.